The average molecular weight is 425 g/mol. The number of carbonyl (C=O) groups is 1. The minimum Gasteiger partial charge on any atom is -0.299 e. The molecule has 29 heavy (non-hydrogen) atoms. The molecule has 1 saturated heterocycles. The number of halogens is 3. The van der Waals surface area contributed by atoms with Crippen LogP contribution in [0.2, 0.25) is 0 Å². The molecule has 0 spiro atoms. The molecule has 2 unspecified atom stereocenters. The van der Waals surface area contributed by atoms with Crippen LogP contribution in [0.25, 0.3) is 6.08 Å². The van der Waals surface area contributed by atoms with E-state index in [0.29, 0.717) is 28.0 Å². The van der Waals surface area contributed by atoms with Crippen molar-refractivity contribution in [3.05, 3.63) is 55.1 Å². The largest absolute Gasteiger partial charge is 0.416 e. The van der Waals surface area contributed by atoms with Gasteiger partial charge in [-0.3, -0.25) is 20.0 Å². The van der Waals surface area contributed by atoms with Crippen molar-refractivity contribution in [3.63, 3.8) is 0 Å². The van der Waals surface area contributed by atoms with E-state index in [9.17, 15) is 22.8 Å². The SMILES string of the molecule is CCN1C(=O)N(CC)C2Nn3c(s/c(=C\c4ccc(C(F)(F)F)cc4)c3=O)=NC21. The Kier molecular flexibility index (Phi) is 4.64. The van der Waals surface area contributed by atoms with Crippen LogP contribution in [0.3, 0.4) is 0 Å². The average Bonchev–Trinajstić information content (AvgIpc) is 3.12. The van der Waals surface area contributed by atoms with Gasteiger partial charge in [0.05, 0.1) is 10.1 Å². The molecule has 1 N–H and O–H groups in total. The zero-order valence-electron chi connectivity index (χ0n) is 15.6. The summed E-state index contributed by atoms with van der Waals surface area (Å²) in [6.45, 7) is 4.68. The molecule has 0 radical (unpaired) electrons. The van der Waals surface area contributed by atoms with E-state index in [0.717, 1.165) is 23.5 Å². The summed E-state index contributed by atoms with van der Waals surface area (Å²) in [4.78, 5) is 33.5. The molecule has 0 aliphatic carbocycles. The highest BCUT2D eigenvalue weighted by Gasteiger charge is 2.46. The van der Waals surface area contributed by atoms with Gasteiger partial charge in [0.2, 0.25) is 4.80 Å². The molecule has 3 heterocycles. The predicted octanol–water partition coefficient (Wildman–Crippen LogP) is 1.36. The smallest absolute Gasteiger partial charge is 0.299 e. The maximum atomic E-state index is 12.8. The molecular formula is C18H18F3N5O2S. The fourth-order valence-corrected chi connectivity index (χ4v) is 4.46. The quantitative estimate of drug-likeness (QED) is 0.808. The van der Waals surface area contributed by atoms with E-state index >= 15 is 0 Å². The van der Waals surface area contributed by atoms with Crippen LogP contribution in [0, 0.1) is 0 Å². The van der Waals surface area contributed by atoms with Crippen molar-refractivity contribution in [1.29, 1.82) is 0 Å². The maximum absolute atomic E-state index is 12.8. The lowest BCUT2D eigenvalue weighted by Crippen LogP contribution is -2.55. The van der Waals surface area contributed by atoms with Crippen LogP contribution < -0.4 is 20.3 Å². The molecule has 0 bridgehead atoms. The number of hydrogen-bond donors (Lipinski definition) is 1. The number of hydrogen-bond acceptors (Lipinski definition) is 5. The Balaban J connectivity index is 1.74. The molecule has 1 fully saturated rings. The lowest BCUT2D eigenvalue weighted by Gasteiger charge is -2.28. The van der Waals surface area contributed by atoms with E-state index in [1.54, 1.807) is 9.80 Å². The summed E-state index contributed by atoms with van der Waals surface area (Å²) < 4.78 is 39.8. The first-order valence-electron chi connectivity index (χ1n) is 9.07. The second-order valence-electron chi connectivity index (χ2n) is 6.62. The normalized spacial score (nSPS) is 21.7. The summed E-state index contributed by atoms with van der Waals surface area (Å²) >= 11 is 1.13. The lowest BCUT2D eigenvalue weighted by atomic mass is 10.1. The van der Waals surface area contributed by atoms with Crippen molar-refractivity contribution in [2.75, 3.05) is 18.5 Å². The molecule has 1 aromatic carbocycles. The summed E-state index contributed by atoms with van der Waals surface area (Å²) in [6, 6.07) is 4.46. The minimum absolute atomic E-state index is 0.138. The molecule has 4 rings (SSSR count). The molecule has 2 aliphatic rings. The Morgan fingerprint density at radius 3 is 2.38 bits per heavy atom. The van der Waals surface area contributed by atoms with E-state index in [1.807, 2.05) is 13.8 Å². The Morgan fingerprint density at radius 2 is 1.79 bits per heavy atom. The topological polar surface area (TPSA) is 69.9 Å². The number of rotatable bonds is 3. The Hall–Kier alpha value is -2.82. The standard InChI is InChI=1S/C18H18F3N5O2S/c1-3-24-13-14(25(4-2)17(24)28)23-26-15(27)12(29-16(26)22-13)9-10-5-7-11(8-6-10)18(19,20)21/h5-9,13-14,23H,3-4H2,1-2H3/b12-9-. The fraction of sp³-hybridized carbons (Fsp3) is 0.389. The van der Waals surface area contributed by atoms with Crippen LogP contribution in [0.15, 0.2) is 34.1 Å². The van der Waals surface area contributed by atoms with Crippen molar-refractivity contribution in [3.8, 4) is 0 Å². The molecule has 2 aromatic rings. The van der Waals surface area contributed by atoms with Crippen LogP contribution in [-0.2, 0) is 6.18 Å². The van der Waals surface area contributed by atoms with Gasteiger partial charge < -0.3 is 0 Å². The number of nitrogens with one attached hydrogen (secondary N) is 1. The Morgan fingerprint density at radius 1 is 1.14 bits per heavy atom. The van der Waals surface area contributed by atoms with Crippen molar-refractivity contribution in [2.45, 2.75) is 32.4 Å². The van der Waals surface area contributed by atoms with E-state index < -0.39 is 24.1 Å². The number of alkyl halides is 3. The van der Waals surface area contributed by atoms with Gasteiger partial charge in [-0.15, -0.1) is 0 Å². The number of nitrogens with zero attached hydrogens (tertiary/aromatic N) is 4. The van der Waals surface area contributed by atoms with E-state index in [2.05, 4.69) is 10.4 Å². The summed E-state index contributed by atoms with van der Waals surface area (Å²) in [6.07, 6.45) is -3.77. The van der Waals surface area contributed by atoms with E-state index in [1.165, 1.54) is 22.9 Å². The van der Waals surface area contributed by atoms with Gasteiger partial charge in [0, 0.05) is 13.1 Å². The van der Waals surface area contributed by atoms with Crippen LogP contribution in [0.5, 0.6) is 0 Å². The van der Waals surface area contributed by atoms with Crippen molar-refractivity contribution >= 4 is 23.4 Å². The predicted molar refractivity (Wildman–Crippen MR) is 101 cm³/mol. The zero-order valence-corrected chi connectivity index (χ0v) is 16.4. The van der Waals surface area contributed by atoms with Crippen LogP contribution in [0.1, 0.15) is 25.0 Å². The fourth-order valence-electron chi connectivity index (χ4n) is 3.50. The highest BCUT2D eigenvalue weighted by Crippen LogP contribution is 2.29. The number of urea groups is 1. The number of thiazole rings is 1. The highest BCUT2D eigenvalue weighted by molar-refractivity contribution is 7.07. The van der Waals surface area contributed by atoms with E-state index in [-0.39, 0.29) is 11.6 Å². The van der Waals surface area contributed by atoms with E-state index in [4.69, 9.17) is 0 Å². The number of fused-ring (bicyclic) bond motifs is 2. The maximum Gasteiger partial charge on any atom is 0.416 e. The molecule has 11 heteroatoms. The molecule has 154 valence electrons. The third-order valence-electron chi connectivity index (χ3n) is 4.96. The van der Waals surface area contributed by atoms with Crippen LogP contribution in [-0.4, -0.2) is 45.9 Å². The third-order valence-corrected chi connectivity index (χ3v) is 5.94. The molecule has 1 aromatic heterocycles. The van der Waals surface area contributed by atoms with Gasteiger partial charge in [-0.2, -0.15) is 17.8 Å². The summed E-state index contributed by atoms with van der Waals surface area (Å²) in [5.41, 5.74) is 2.45. The highest BCUT2D eigenvalue weighted by atomic mass is 32.1. The summed E-state index contributed by atoms with van der Waals surface area (Å²) in [5.74, 6) is 0. The molecule has 2 aliphatic heterocycles. The van der Waals surface area contributed by atoms with Gasteiger partial charge in [0.1, 0.15) is 0 Å². The van der Waals surface area contributed by atoms with Crippen LogP contribution in [0.4, 0.5) is 18.0 Å². The van der Waals surface area contributed by atoms with Gasteiger partial charge in [0.15, 0.2) is 12.3 Å². The number of carbonyl (C=O) groups excluding carboxylic acids is 1. The zero-order chi connectivity index (χ0) is 20.9. The van der Waals surface area contributed by atoms with Gasteiger partial charge in [-0.1, -0.05) is 23.5 Å². The van der Waals surface area contributed by atoms with Gasteiger partial charge in [-0.05, 0) is 37.6 Å². The first-order chi connectivity index (χ1) is 13.7. The molecule has 2 amide bonds. The number of aromatic nitrogens is 1. The lowest BCUT2D eigenvalue weighted by molar-refractivity contribution is -0.137. The number of benzene rings is 1. The first-order valence-corrected chi connectivity index (χ1v) is 9.88. The first kappa shape index (κ1) is 19.5. The van der Waals surface area contributed by atoms with Gasteiger partial charge >= 0.3 is 12.2 Å². The summed E-state index contributed by atoms with van der Waals surface area (Å²) in [7, 11) is 0. The molecule has 2 atom stereocenters. The Bertz CT molecular complexity index is 1120. The molecule has 7 nitrogen and oxygen atoms in total. The van der Waals surface area contributed by atoms with Crippen molar-refractivity contribution < 1.29 is 18.0 Å². The van der Waals surface area contributed by atoms with Crippen molar-refractivity contribution in [2.24, 2.45) is 4.99 Å². The second-order valence-corrected chi connectivity index (χ2v) is 7.63. The van der Waals surface area contributed by atoms with Gasteiger partial charge in [-0.25, -0.2) is 9.79 Å². The molecule has 0 saturated carbocycles. The van der Waals surface area contributed by atoms with Gasteiger partial charge in [0.25, 0.3) is 5.56 Å². The second kappa shape index (κ2) is 6.90. The number of likely N-dealkylation sites (N-methyl/N-ethyl adjacent to an activating group) is 2. The minimum atomic E-state index is -4.41. The number of amides is 2. The monoisotopic (exact) mass is 425 g/mol. The van der Waals surface area contributed by atoms with Crippen molar-refractivity contribution in [1.82, 2.24) is 14.5 Å². The molecular weight excluding hydrogens is 407 g/mol. The Labute approximate surface area is 167 Å². The summed E-state index contributed by atoms with van der Waals surface area (Å²) in [5, 5.41) is 0. The van der Waals surface area contributed by atoms with Crippen LogP contribution >= 0.6 is 11.3 Å². The third kappa shape index (κ3) is 3.18.